The van der Waals surface area contributed by atoms with Gasteiger partial charge in [-0.1, -0.05) is 142 Å². The highest BCUT2D eigenvalue weighted by Gasteiger charge is 2.27. The van der Waals surface area contributed by atoms with Crippen LogP contribution in [0, 0.1) is 0 Å². The highest BCUT2D eigenvalue weighted by molar-refractivity contribution is 5.89. The number of unbranched alkanes of at least 4 members (excludes halogenated alkanes) is 18. The monoisotopic (exact) mass is 568 g/mol. The van der Waals surface area contributed by atoms with E-state index in [-0.39, 0.29) is 0 Å². The van der Waals surface area contributed by atoms with Crippen LogP contribution in [0.15, 0.2) is 0 Å². The Labute approximate surface area is 246 Å². The summed E-state index contributed by atoms with van der Waals surface area (Å²) in [5, 5.41) is 15.1. The molecule has 0 fully saturated rings. The van der Waals surface area contributed by atoms with Gasteiger partial charge in [0.05, 0.1) is 0 Å². The van der Waals surface area contributed by atoms with Crippen molar-refractivity contribution in [3.05, 3.63) is 0 Å². The third kappa shape index (κ3) is 24.0. The van der Waals surface area contributed by atoms with Crippen molar-refractivity contribution in [1.29, 1.82) is 0 Å². The Balaban J connectivity index is 4.58. The second-order valence-electron chi connectivity index (χ2n) is 12.5. The summed E-state index contributed by atoms with van der Waals surface area (Å²) in [4.78, 5) is 37.4. The Morgan fingerprint density at radius 3 is 1.27 bits per heavy atom. The normalized spacial score (nSPS) is 13.0. The molecule has 7 nitrogen and oxygen atoms in total. The number of carboxylic acid groups (broad SMARTS) is 1. The molecule has 0 saturated carbocycles. The molecule has 0 aliphatic heterocycles. The minimum Gasteiger partial charge on any atom is -0.480 e. The number of alkyl carbamates (subject to hydrolysis) is 1. The molecule has 0 heterocycles. The third-order valence-corrected chi connectivity index (χ3v) is 7.31. The zero-order valence-electron chi connectivity index (χ0n) is 26.8. The average Bonchev–Trinajstić information content (AvgIpc) is 2.88. The van der Waals surface area contributed by atoms with E-state index in [1.807, 2.05) is 0 Å². The number of nitrogens with one attached hydrogen (secondary N) is 2. The van der Waals surface area contributed by atoms with Crippen molar-refractivity contribution in [2.24, 2.45) is 0 Å². The lowest BCUT2D eigenvalue weighted by molar-refractivity contribution is -0.142. The van der Waals surface area contributed by atoms with Gasteiger partial charge in [0, 0.05) is 0 Å². The first-order valence-corrected chi connectivity index (χ1v) is 16.6. The van der Waals surface area contributed by atoms with E-state index in [0.717, 1.165) is 38.5 Å². The maximum atomic E-state index is 13.1. The predicted molar refractivity (Wildman–Crippen MR) is 166 cm³/mol. The first kappa shape index (κ1) is 38.2. The maximum absolute atomic E-state index is 13.1. The maximum Gasteiger partial charge on any atom is 0.408 e. The molecule has 3 N–H and O–H groups in total. The highest BCUT2D eigenvalue weighted by Crippen LogP contribution is 2.15. The van der Waals surface area contributed by atoms with E-state index >= 15 is 0 Å². The molecular weight excluding hydrogens is 504 g/mol. The number of carbonyl (C=O) groups is 3. The van der Waals surface area contributed by atoms with Gasteiger partial charge in [-0.25, -0.2) is 9.59 Å². The summed E-state index contributed by atoms with van der Waals surface area (Å²) < 4.78 is 5.36. The number of aliphatic carboxylic acids is 1. The van der Waals surface area contributed by atoms with E-state index in [0.29, 0.717) is 12.8 Å². The first-order valence-electron chi connectivity index (χ1n) is 16.6. The minimum atomic E-state index is -1.03. The summed E-state index contributed by atoms with van der Waals surface area (Å²) in [5.41, 5.74) is -0.679. The fraction of sp³-hybridized carbons (Fsp3) is 0.909. The van der Waals surface area contributed by atoms with Crippen LogP contribution in [0.3, 0.4) is 0 Å². The zero-order valence-corrected chi connectivity index (χ0v) is 26.8. The van der Waals surface area contributed by atoms with Crippen molar-refractivity contribution >= 4 is 18.0 Å². The fourth-order valence-corrected chi connectivity index (χ4v) is 4.92. The Hall–Kier alpha value is -1.79. The van der Waals surface area contributed by atoms with Crippen LogP contribution in [0.4, 0.5) is 4.79 Å². The van der Waals surface area contributed by atoms with E-state index in [1.165, 1.54) is 89.9 Å². The summed E-state index contributed by atoms with van der Waals surface area (Å²) in [6.07, 6.45) is 23.7. The lowest BCUT2D eigenvalue weighted by atomic mass is 10.0. The van der Waals surface area contributed by atoms with Crippen LogP contribution in [0.2, 0.25) is 0 Å². The van der Waals surface area contributed by atoms with Gasteiger partial charge in [0.1, 0.15) is 17.7 Å². The Bertz CT molecular complexity index is 647. The second kappa shape index (κ2) is 25.0. The molecule has 0 bridgehead atoms. The molecule has 0 spiro atoms. The fourth-order valence-electron chi connectivity index (χ4n) is 4.92. The molecule has 0 aromatic carbocycles. The Kier molecular flexibility index (Phi) is 23.8. The predicted octanol–water partition coefficient (Wildman–Crippen LogP) is 9.07. The molecule has 236 valence electrons. The molecule has 0 saturated heterocycles. The zero-order chi connectivity index (χ0) is 30.1. The van der Waals surface area contributed by atoms with Crippen molar-refractivity contribution in [1.82, 2.24) is 10.6 Å². The van der Waals surface area contributed by atoms with Crippen LogP contribution in [-0.4, -0.2) is 40.8 Å². The Morgan fingerprint density at radius 2 is 0.925 bits per heavy atom. The van der Waals surface area contributed by atoms with Crippen molar-refractivity contribution in [2.45, 2.75) is 194 Å². The number of carboxylic acids is 1. The molecule has 0 aliphatic carbocycles. The number of amides is 2. The van der Waals surface area contributed by atoms with Gasteiger partial charge in [-0.05, 0) is 33.6 Å². The van der Waals surface area contributed by atoms with Gasteiger partial charge in [0.15, 0.2) is 0 Å². The summed E-state index contributed by atoms with van der Waals surface area (Å²) in [5.74, 6) is -1.47. The quantitative estimate of drug-likeness (QED) is 0.0903. The average molecular weight is 569 g/mol. The van der Waals surface area contributed by atoms with E-state index in [9.17, 15) is 19.5 Å². The number of ether oxygens (including phenoxy) is 1. The van der Waals surface area contributed by atoms with E-state index in [4.69, 9.17) is 4.74 Å². The molecule has 2 unspecified atom stereocenters. The SMILES string of the molecule is CCCCCCCCCCCCC(NC(=O)C(CCCCCCCCCCCC)NC(=O)OC(C)(C)C)C(=O)O. The molecule has 0 aromatic rings. The van der Waals surface area contributed by atoms with E-state index < -0.39 is 35.7 Å². The molecule has 0 rings (SSSR count). The summed E-state index contributed by atoms with van der Waals surface area (Å²) in [7, 11) is 0. The van der Waals surface area contributed by atoms with Gasteiger partial charge >= 0.3 is 12.1 Å². The highest BCUT2D eigenvalue weighted by atomic mass is 16.6. The number of hydrogen-bond acceptors (Lipinski definition) is 4. The van der Waals surface area contributed by atoms with Crippen molar-refractivity contribution < 1.29 is 24.2 Å². The largest absolute Gasteiger partial charge is 0.480 e. The molecule has 7 heteroatoms. The molecule has 2 amide bonds. The van der Waals surface area contributed by atoms with Crippen LogP contribution in [0.25, 0.3) is 0 Å². The third-order valence-electron chi connectivity index (χ3n) is 7.31. The summed E-state index contributed by atoms with van der Waals surface area (Å²) in [6.45, 7) is 9.78. The smallest absolute Gasteiger partial charge is 0.408 e. The van der Waals surface area contributed by atoms with Gasteiger partial charge in [-0.2, -0.15) is 0 Å². The van der Waals surface area contributed by atoms with E-state index in [1.54, 1.807) is 20.8 Å². The lowest BCUT2D eigenvalue weighted by Crippen LogP contribution is -2.52. The number of rotatable bonds is 26. The summed E-state index contributed by atoms with van der Waals surface area (Å²) in [6, 6.07) is -1.75. The molecule has 40 heavy (non-hydrogen) atoms. The van der Waals surface area contributed by atoms with Gasteiger partial charge in [0.25, 0.3) is 0 Å². The molecule has 0 aromatic heterocycles. The Morgan fingerprint density at radius 1 is 0.575 bits per heavy atom. The lowest BCUT2D eigenvalue weighted by Gasteiger charge is -2.24. The van der Waals surface area contributed by atoms with Crippen LogP contribution in [0.5, 0.6) is 0 Å². The van der Waals surface area contributed by atoms with Gasteiger partial charge in [-0.3, -0.25) is 4.79 Å². The number of carbonyl (C=O) groups excluding carboxylic acids is 2. The van der Waals surface area contributed by atoms with Crippen LogP contribution in [0.1, 0.15) is 176 Å². The minimum absolute atomic E-state index is 0.398. The molecule has 2 atom stereocenters. The molecule has 0 radical (unpaired) electrons. The van der Waals surface area contributed by atoms with Gasteiger partial charge in [0.2, 0.25) is 5.91 Å². The van der Waals surface area contributed by atoms with Crippen molar-refractivity contribution in [2.75, 3.05) is 0 Å². The van der Waals surface area contributed by atoms with Crippen LogP contribution >= 0.6 is 0 Å². The second-order valence-corrected chi connectivity index (χ2v) is 12.5. The van der Waals surface area contributed by atoms with Gasteiger partial charge in [-0.15, -0.1) is 0 Å². The topological polar surface area (TPSA) is 105 Å². The van der Waals surface area contributed by atoms with Crippen molar-refractivity contribution in [3.63, 3.8) is 0 Å². The molecule has 0 aliphatic rings. The molecular formula is C33H64N2O5. The van der Waals surface area contributed by atoms with Gasteiger partial charge < -0.3 is 20.5 Å². The van der Waals surface area contributed by atoms with E-state index in [2.05, 4.69) is 24.5 Å². The number of hydrogen-bond donors (Lipinski definition) is 3. The first-order chi connectivity index (χ1) is 19.1. The summed E-state index contributed by atoms with van der Waals surface area (Å²) >= 11 is 0. The van der Waals surface area contributed by atoms with Crippen molar-refractivity contribution in [3.8, 4) is 0 Å². The standard InChI is InChI=1S/C33H64N2O5/c1-6-8-10-12-14-16-18-20-22-24-26-28(35-32(39)40-33(3,4)5)30(36)34-29(31(37)38)27-25-23-21-19-17-15-13-11-9-7-2/h28-29H,6-27H2,1-5H3,(H,34,36)(H,35,39)(H,37,38). The van der Waals surface area contributed by atoms with Crippen LogP contribution in [-0.2, 0) is 14.3 Å². The van der Waals surface area contributed by atoms with Crippen LogP contribution < -0.4 is 10.6 Å².